The summed E-state index contributed by atoms with van der Waals surface area (Å²) < 4.78 is 7.26. The van der Waals surface area contributed by atoms with Crippen LogP contribution < -0.4 is 10.4 Å². The van der Waals surface area contributed by atoms with Gasteiger partial charge in [0.05, 0.1) is 22.6 Å². The average Bonchev–Trinajstić information content (AvgIpc) is 3.12. The van der Waals surface area contributed by atoms with Crippen LogP contribution in [0.2, 0.25) is 0 Å². The molecule has 0 bridgehead atoms. The van der Waals surface area contributed by atoms with Crippen LogP contribution in [0.1, 0.15) is 40.2 Å². The van der Waals surface area contributed by atoms with Gasteiger partial charge in [0.25, 0.3) is 0 Å². The molecule has 1 fully saturated rings. The Kier molecular flexibility index (Phi) is 5.53. The zero-order chi connectivity index (χ0) is 22.0. The summed E-state index contributed by atoms with van der Waals surface area (Å²) >= 11 is 0. The van der Waals surface area contributed by atoms with E-state index in [1.54, 1.807) is 24.3 Å². The first-order chi connectivity index (χ1) is 14.9. The Morgan fingerprint density at radius 1 is 1.00 bits per heavy atom. The van der Waals surface area contributed by atoms with Crippen LogP contribution in [0.3, 0.4) is 0 Å². The second-order valence-electron chi connectivity index (χ2n) is 7.39. The zero-order valence-electron chi connectivity index (χ0n) is 17.3. The summed E-state index contributed by atoms with van der Waals surface area (Å²) in [4.78, 5) is 35.9. The number of nitrogens with zero attached hydrogens (tertiary/aromatic N) is 3. The Morgan fingerprint density at radius 3 is 2.32 bits per heavy atom. The molecule has 8 nitrogen and oxygen atoms in total. The fraction of sp³-hybridized carbons (Fsp3) is 0.217. The molecule has 0 atom stereocenters. The molecule has 0 unspecified atom stereocenters. The Labute approximate surface area is 179 Å². The lowest BCUT2D eigenvalue weighted by Gasteiger charge is -2.27. The van der Waals surface area contributed by atoms with Crippen molar-refractivity contribution in [3.8, 4) is 5.69 Å². The summed E-state index contributed by atoms with van der Waals surface area (Å²) in [5.74, 6) is -0.881. The van der Waals surface area contributed by atoms with E-state index in [9.17, 15) is 14.4 Å². The standard InChI is InChI=1S/C23H22N4O4/c1-15-13-16(2)26(24-15)19-7-3-17(4-8-19)14-31-23(30)18-5-9-20(10-6-18)27-22(29)12-11-21(28)25-27/h3-10,13H,11-12,14H2,1-2H3,(H,25,28). The Bertz CT molecular complexity index is 1130. The van der Waals surface area contributed by atoms with E-state index in [1.165, 1.54) is 5.01 Å². The zero-order valence-corrected chi connectivity index (χ0v) is 17.3. The summed E-state index contributed by atoms with van der Waals surface area (Å²) in [7, 11) is 0. The van der Waals surface area contributed by atoms with Crippen LogP contribution in [0.4, 0.5) is 5.69 Å². The SMILES string of the molecule is Cc1cc(C)n(-c2ccc(COC(=O)c3ccc(N4NC(=O)CCC4=O)cc3)cc2)n1. The predicted octanol–water partition coefficient (Wildman–Crippen LogP) is 3.00. The van der Waals surface area contributed by atoms with Crippen molar-refractivity contribution in [3.63, 3.8) is 0 Å². The number of hydrogen-bond donors (Lipinski definition) is 1. The number of aromatic nitrogens is 2. The van der Waals surface area contributed by atoms with E-state index in [2.05, 4.69) is 10.5 Å². The van der Waals surface area contributed by atoms with Crippen molar-refractivity contribution in [2.75, 3.05) is 5.01 Å². The van der Waals surface area contributed by atoms with Crippen LogP contribution >= 0.6 is 0 Å². The number of benzene rings is 2. The Hall–Kier alpha value is -3.94. The molecular formula is C23H22N4O4. The largest absolute Gasteiger partial charge is 0.457 e. The molecule has 0 spiro atoms. The third kappa shape index (κ3) is 4.48. The fourth-order valence-electron chi connectivity index (χ4n) is 3.39. The molecule has 0 saturated carbocycles. The van der Waals surface area contributed by atoms with E-state index < -0.39 is 5.97 Å². The van der Waals surface area contributed by atoms with Gasteiger partial charge < -0.3 is 4.74 Å². The number of esters is 1. The molecule has 1 N–H and O–H groups in total. The number of rotatable bonds is 5. The quantitative estimate of drug-likeness (QED) is 0.643. The van der Waals surface area contributed by atoms with Gasteiger partial charge in [0, 0.05) is 18.5 Å². The molecule has 2 heterocycles. The van der Waals surface area contributed by atoms with Crippen molar-refractivity contribution in [3.05, 3.63) is 77.1 Å². The first kappa shape index (κ1) is 20.3. The summed E-state index contributed by atoms with van der Waals surface area (Å²) in [6.45, 7) is 4.08. The van der Waals surface area contributed by atoms with E-state index in [-0.39, 0.29) is 31.3 Å². The monoisotopic (exact) mass is 418 g/mol. The molecule has 1 saturated heterocycles. The van der Waals surface area contributed by atoms with Gasteiger partial charge in [-0.1, -0.05) is 12.1 Å². The number of ether oxygens (including phenoxy) is 1. The molecule has 158 valence electrons. The van der Waals surface area contributed by atoms with Gasteiger partial charge in [-0.05, 0) is 61.9 Å². The summed E-state index contributed by atoms with van der Waals surface area (Å²) in [6.07, 6.45) is 0.343. The molecule has 8 heteroatoms. The molecule has 3 aromatic rings. The molecule has 4 rings (SSSR count). The number of amides is 2. The average molecular weight is 418 g/mol. The molecule has 31 heavy (non-hydrogen) atoms. The van der Waals surface area contributed by atoms with Crippen molar-refractivity contribution < 1.29 is 19.1 Å². The number of anilines is 1. The van der Waals surface area contributed by atoms with Gasteiger partial charge in [-0.15, -0.1) is 0 Å². The highest BCUT2D eigenvalue weighted by atomic mass is 16.5. The summed E-state index contributed by atoms with van der Waals surface area (Å²) in [6, 6.07) is 16.0. The minimum atomic E-state index is -0.469. The lowest BCUT2D eigenvalue weighted by molar-refractivity contribution is -0.130. The third-order valence-corrected chi connectivity index (χ3v) is 4.97. The highest BCUT2D eigenvalue weighted by Crippen LogP contribution is 2.19. The van der Waals surface area contributed by atoms with E-state index >= 15 is 0 Å². The predicted molar refractivity (Wildman–Crippen MR) is 113 cm³/mol. The molecule has 2 amide bonds. The van der Waals surface area contributed by atoms with Gasteiger partial charge in [0.2, 0.25) is 11.8 Å². The third-order valence-electron chi connectivity index (χ3n) is 4.97. The van der Waals surface area contributed by atoms with Crippen LogP contribution in [0.25, 0.3) is 5.69 Å². The molecule has 0 radical (unpaired) electrons. The van der Waals surface area contributed by atoms with Crippen molar-refractivity contribution in [1.29, 1.82) is 0 Å². The fourth-order valence-corrected chi connectivity index (χ4v) is 3.39. The van der Waals surface area contributed by atoms with Crippen LogP contribution in [0, 0.1) is 13.8 Å². The Balaban J connectivity index is 1.37. The maximum absolute atomic E-state index is 12.4. The van der Waals surface area contributed by atoms with Crippen molar-refractivity contribution in [2.24, 2.45) is 0 Å². The van der Waals surface area contributed by atoms with Gasteiger partial charge in [-0.25, -0.2) is 14.5 Å². The number of hydrogen-bond acceptors (Lipinski definition) is 5. The first-order valence-corrected chi connectivity index (χ1v) is 9.93. The highest BCUT2D eigenvalue weighted by Gasteiger charge is 2.24. The highest BCUT2D eigenvalue weighted by molar-refractivity contribution is 6.01. The van der Waals surface area contributed by atoms with Crippen LogP contribution in [0.15, 0.2) is 54.6 Å². The maximum atomic E-state index is 12.4. The normalized spacial score (nSPS) is 13.8. The van der Waals surface area contributed by atoms with Crippen LogP contribution in [0.5, 0.6) is 0 Å². The van der Waals surface area contributed by atoms with Gasteiger partial charge in [-0.3, -0.25) is 15.0 Å². The van der Waals surface area contributed by atoms with E-state index in [1.807, 2.05) is 48.9 Å². The molecule has 1 aliphatic rings. The van der Waals surface area contributed by atoms with Gasteiger partial charge >= 0.3 is 5.97 Å². The Morgan fingerprint density at radius 2 is 1.68 bits per heavy atom. The number of nitrogens with one attached hydrogen (secondary N) is 1. The van der Waals surface area contributed by atoms with Gasteiger partial charge in [0.1, 0.15) is 6.61 Å². The van der Waals surface area contributed by atoms with Crippen LogP contribution in [-0.2, 0) is 20.9 Å². The number of carbonyl (C=O) groups is 3. The first-order valence-electron chi connectivity index (χ1n) is 9.93. The second kappa shape index (κ2) is 8.43. The van der Waals surface area contributed by atoms with Crippen molar-refractivity contribution in [2.45, 2.75) is 33.3 Å². The van der Waals surface area contributed by atoms with E-state index in [0.29, 0.717) is 11.3 Å². The molecule has 0 aliphatic carbocycles. The molecule has 2 aromatic carbocycles. The summed E-state index contributed by atoms with van der Waals surface area (Å²) in [5, 5.41) is 5.66. The molecule has 1 aliphatic heterocycles. The van der Waals surface area contributed by atoms with Crippen LogP contribution in [-0.4, -0.2) is 27.6 Å². The minimum Gasteiger partial charge on any atom is -0.457 e. The van der Waals surface area contributed by atoms with E-state index in [0.717, 1.165) is 22.6 Å². The second-order valence-corrected chi connectivity index (χ2v) is 7.39. The lowest BCUT2D eigenvalue weighted by atomic mass is 10.1. The van der Waals surface area contributed by atoms with E-state index in [4.69, 9.17) is 4.74 Å². The topological polar surface area (TPSA) is 93.5 Å². The summed E-state index contributed by atoms with van der Waals surface area (Å²) in [5.41, 5.74) is 7.17. The maximum Gasteiger partial charge on any atom is 0.338 e. The minimum absolute atomic E-state index is 0.138. The number of aryl methyl sites for hydroxylation is 2. The number of hydrazine groups is 1. The van der Waals surface area contributed by atoms with Gasteiger partial charge in [0.15, 0.2) is 0 Å². The number of carbonyl (C=O) groups excluding carboxylic acids is 3. The smallest absolute Gasteiger partial charge is 0.338 e. The molecular weight excluding hydrogens is 396 g/mol. The van der Waals surface area contributed by atoms with Gasteiger partial charge in [-0.2, -0.15) is 5.10 Å². The molecule has 1 aromatic heterocycles. The van der Waals surface area contributed by atoms with Crippen molar-refractivity contribution in [1.82, 2.24) is 15.2 Å². The lowest BCUT2D eigenvalue weighted by Crippen LogP contribution is -2.50. The van der Waals surface area contributed by atoms with Crippen molar-refractivity contribution >= 4 is 23.5 Å².